The van der Waals surface area contributed by atoms with Crippen LogP contribution in [0.2, 0.25) is 0 Å². The summed E-state index contributed by atoms with van der Waals surface area (Å²) in [4.78, 5) is 9.99. The maximum Gasteiger partial charge on any atom is 0.377 e. The number of alkyl halides is 2. The van der Waals surface area contributed by atoms with Crippen molar-refractivity contribution < 1.29 is 28.2 Å². The Morgan fingerprint density at radius 2 is 2.36 bits per heavy atom. The molecule has 0 radical (unpaired) electrons. The molecule has 1 aliphatic rings. The van der Waals surface area contributed by atoms with Crippen molar-refractivity contribution in [2.45, 2.75) is 24.9 Å². The number of carboxylic acid groups (broad SMARTS) is 1. The van der Waals surface area contributed by atoms with Gasteiger partial charge in [-0.05, 0) is 12.8 Å². The van der Waals surface area contributed by atoms with E-state index in [1.807, 2.05) is 0 Å². The number of carboxylic acids is 1. The van der Waals surface area contributed by atoms with Gasteiger partial charge in [-0.1, -0.05) is 0 Å². The molecule has 4 nitrogen and oxygen atoms in total. The van der Waals surface area contributed by atoms with Crippen molar-refractivity contribution >= 4 is 5.97 Å². The molecule has 0 aromatic heterocycles. The molecular formula is C8H12F2O4. The Kier molecular flexibility index (Phi) is 3.77. The van der Waals surface area contributed by atoms with Gasteiger partial charge in [0.2, 0.25) is 0 Å². The Morgan fingerprint density at radius 3 is 2.86 bits per heavy atom. The van der Waals surface area contributed by atoms with Gasteiger partial charge >= 0.3 is 11.9 Å². The quantitative estimate of drug-likeness (QED) is 0.732. The third-order valence-corrected chi connectivity index (χ3v) is 1.92. The molecule has 0 aromatic rings. The van der Waals surface area contributed by atoms with Crippen molar-refractivity contribution in [3.8, 4) is 0 Å². The second-order valence-corrected chi connectivity index (χ2v) is 3.16. The molecule has 1 atom stereocenters. The van der Waals surface area contributed by atoms with Crippen LogP contribution in [-0.2, 0) is 14.3 Å². The van der Waals surface area contributed by atoms with Gasteiger partial charge in [0.25, 0.3) is 0 Å². The maximum atomic E-state index is 12.5. The summed E-state index contributed by atoms with van der Waals surface area (Å²) in [5, 5.41) is 8.07. The summed E-state index contributed by atoms with van der Waals surface area (Å²) in [7, 11) is 0. The molecule has 0 aliphatic carbocycles. The third-order valence-electron chi connectivity index (χ3n) is 1.92. The SMILES string of the molecule is O=C(O)C(F)(F)COCC1CCCO1. The van der Waals surface area contributed by atoms with E-state index in [4.69, 9.17) is 9.84 Å². The number of ether oxygens (including phenoxy) is 2. The summed E-state index contributed by atoms with van der Waals surface area (Å²) in [6, 6.07) is 0. The second kappa shape index (κ2) is 4.65. The molecule has 1 heterocycles. The molecular weight excluding hydrogens is 198 g/mol. The van der Waals surface area contributed by atoms with Gasteiger partial charge in [-0.15, -0.1) is 0 Å². The number of hydrogen-bond acceptors (Lipinski definition) is 3. The van der Waals surface area contributed by atoms with E-state index in [-0.39, 0.29) is 12.7 Å². The number of rotatable bonds is 5. The zero-order chi connectivity index (χ0) is 10.6. The van der Waals surface area contributed by atoms with Crippen molar-refractivity contribution in [2.75, 3.05) is 19.8 Å². The van der Waals surface area contributed by atoms with Crippen LogP contribution in [0.5, 0.6) is 0 Å². The summed E-state index contributed by atoms with van der Waals surface area (Å²) in [6.45, 7) is -0.450. The molecule has 0 aromatic carbocycles. The summed E-state index contributed by atoms with van der Waals surface area (Å²) in [5.41, 5.74) is 0. The normalized spacial score (nSPS) is 22.6. The zero-order valence-electron chi connectivity index (χ0n) is 7.54. The van der Waals surface area contributed by atoms with Crippen LogP contribution in [0.1, 0.15) is 12.8 Å². The topological polar surface area (TPSA) is 55.8 Å². The van der Waals surface area contributed by atoms with E-state index < -0.39 is 18.5 Å². The third kappa shape index (κ3) is 3.19. The van der Waals surface area contributed by atoms with Crippen LogP contribution in [0, 0.1) is 0 Å². The Hall–Kier alpha value is -0.750. The molecule has 14 heavy (non-hydrogen) atoms. The lowest BCUT2D eigenvalue weighted by Crippen LogP contribution is -2.34. The highest BCUT2D eigenvalue weighted by molar-refractivity contribution is 5.75. The Balaban J connectivity index is 2.16. The largest absolute Gasteiger partial charge is 0.477 e. The van der Waals surface area contributed by atoms with Crippen LogP contribution in [0.3, 0.4) is 0 Å². The van der Waals surface area contributed by atoms with E-state index >= 15 is 0 Å². The predicted octanol–water partition coefficient (Wildman–Crippen LogP) is 0.902. The van der Waals surface area contributed by atoms with Gasteiger partial charge < -0.3 is 14.6 Å². The lowest BCUT2D eigenvalue weighted by atomic mass is 10.2. The van der Waals surface area contributed by atoms with Crippen LogP contribution in [-0.4, -0.2) is 42.9 Å². The Morgan fingerprint density at radius 1 is 1.64 bits per heavy atom. The highest BCUT2D eigenvalue weighted by Gasteiger charge is 2.39. The first-order valence-corrected chi connectivity index (χ1v) is 4.33. The van der Waals surface area contributed by atoms with Crippen LogP contribution in [0.25, 0.3) is 0 Å². The van der Waals surface area contributed by atoms with E-state index in [0.717, 1.165) is 12.8 Å². The van der Waals surface area contributed by atoms with Gasteiger partial charge in [-0.2, -0.15) is 8.78 Å². The Bertz CT molecular complexity index is 202. The van der Waals surface area contributed by atoms with Gasteiger partial charge in [0.15, 0.2) is 0 Å². The van der Waals surface area contributed by atoms with Crippen LogP contribution in [0.15, 0.2) is 0 Å². The molecule has 6 heteroatoms. The van der Waals surface area contributed by atoms with Crippen LogP contribution in [0.4, 0.5) is 8.78 Å². The van der Waals surface area contributed by atoms with Gasteiger partial charge in [0.05, 0.1) is 12.7 Å². The van der Waals surface area contributed by atoms with Crippen molar-refractivity contribution in [1.82, 2.24) is 0 Å². The first kappa shape index (κ1) is 11.3. The predicted molar refractivity (Wildman–Crippen MR) is 42.4 cm³/mol. The number of aliphatic carboxylic acids is 1. The minimum atomic E-state index is -3.81. The molecule has 82 valence electrons. The average Bonchev–Trinajstić information content (AvgIpc) is 2.56. The minimum absolute atomic E-state index is 0.0306. The highest BCUT2D eigenvalue weighted by atomic mass is 19.3. The molecule has 1 rings (SSSR count). The van der Waals surface area contributed by atoms with Gasteiger partial charge in [-0.25, -0.2) is 4.79 Å². The lowest BCUT2D eigenvalue weighted by Gasteiger charge is -2.13. The lowest BCUT2D eigenvalue weighted by molar-refractivity contribution is -0.174. The van der Waals surface area contributed by atoms with Crippen molar-refractivity contribution in [2.24, 2.45) is 0 Å². The number of hydrogen-bond donors (Lipinski definition) is 1. The monoisotopic (exact) mass is 210 g/mol. The average molecular weight is 210 g/mol. The summed E-state index contributed by atoms with van der Waals surface area (Å²) >= 11 is 0. The fourth-order valence-electron chi connectivity index (χ4n) is 1.16. The molecule has 0 amide bonds. The molecule has 0 spiro atoms. The Labute approximate surface area is 79.8 Å². The molecule has 0 saturated carbocycles. The van der Waals surface area contributed by atoms with Gasteiger partial charge in [0.1, 0.15) is 6.61 Å². The molecule has 1 fully saturated rings. The molecule has 1 unspecified atom stereocenters. The van der Waals surface area contributed by atoms with Crippen LogP contribution < -0.4 is 0 Å². The first-order chi connectivity index (χ1) is 6.52. The number of carbonyl (C=O) groups is 1. The zero-order valence-corrected chi connectivity index (χ0v) is 7.54. The standard InChI is InChI=1S/C8H12F2O4/c9-8(10,7(11)12)5-13-4-6-2-1-3-14-6/h6H,1-5H2,(H,11,12). The first-order valence-electron chi connectivity index (χ1n) is 4.33. The summed E-state index contributed by atoms with van der Waals surface area (Å²) in [5.74, 6) is -5.97. The molecule has 0 bridgehead atoms. The summed E-state index contributed by atoms with van der Waals surface area (Å²) in [6.07, 6.45) is 1.50. The van der Waals surface area contributed by atoms with Crippen LogP contribution >= 0.6 is 0 Å². The number of halogens is 2. The van der Waals surface area contributed by atoms with Gasteiger partial charge in [0, 0.05) is 6.61 Å². The van der Waals surface area contributed by atoms with E-state index in [0.29, 0.717) is 6.61 Å². The molecule has 1 saturated heterocycles. The second-order valence-electron chi connectivity index (χ2n) is 3.16. The molecule has 1 aliphatic heterocycles. The van der Waals surface area contributed by atoms with E-state index in [1.165, 1.54) is 0 Å². The summed E-state index contributed by atoms with van der Waals surface area (Å²) < 4.78 is 34.6. The fraction of sp³-hybridized carbons (Fsp3) is 0.875. The van der Waals surface area contributed by atoms with Gasteiger partial charge in [-0.3, -0.25) is 0 Å². The van der Waals surface area contributed by atoms with Crippen molar-refractivity contribution in [3.63, 3.8) is 0 Å². The smallest absolute Gasteiger partial charge is 0.377 e. The molecule has 1 N–H and O–H groups in total. The van der Waals surface area contributed by atoms with Crippen molar-refractivity contribution in [3.05, 3.63) is 0 Å². The highest BCUT2D eigenvalue weighted by Crippen LogP contribution is 2.16. The van der Waals surface area contributed by atoms with E-state index in [9.17, 15) is 13.6 Å². The van der Waals surface area contributed by atoms with Crippen molar-refractivity contribution in [1.29, 1.82) is 0 Å². The maximum absolute atomic E-state index is 12.5. The fourth-order valence-corrected chi connectivity index (χ4v) is 1.16. The van der Waals surface area contributed by atoms with E-state index in [2.05, 4.69) is 4.74 Å². The minimum Gasteiger partial charge on any atom is -0.477 e. The van der Waals surface area contributed by atoms with E-state index in [1.54, 1.807) is 0 Å².